The Morgan fingerprint density at radius 1 is 1.38 bits per heavy atom. The van der Waals surface area contributed by atoms with Gasteiger partial charge in [0.25, 0.3) is 0 Å². The van der Waals surface area contributed by atoms with Crippen molar-refractivity contribution in [1.82, 2.24) is 14.9 Å². The maximum atomic E-state index is 5.40. The Hall–Kier alpha value is -0.910. The number of methoxy groups -OCH3 is 1. The van der Waals surface area contributed by atoms with E-state index in [0.29, 0.717) is 13.2 Å². The number of nitrogens with zero attached hydrogens (tertiary/aromatic N) is 2. The Kier molecular flexibility index (Phi) is 6.80. The molecular formula is C11H21N3O2. The van der Waals surface area contributed by atoms with Gasteiger partial charge >= 0.3 is 0 Å². The van der Waals surface area contributed by atoms with Crippen LogP contribution in [0.5, 0.6) is 0 Å². The number of imidazole rings is 1. The van der Waals surface area contributed by atoms with Crippen molar-refractivity contribution in [2.75, 3.05) is 34.0 Å². The zero-order valence-electron chi connectivity index (χ0n) is 10.1. The smallest absolute Gasteiger partial charge is 0.0948 e. The molecule has 0 aliphatic heterocycles. The predicted octanol–water partition coefficient (Wildman–Crippen LogP) is 0.656. The number of aryl methyl sites for hydroxylation is 1. The number of ether oxygens (including phenoxy) is 2. The second-order valence-electron chi connectivity index (χ2n) is 3.57. The molecular weight excluding hydrogens is 206 g/mol. The van der Waals surface area contributed by atoms with Crippen LogP contribution in [0.4, 0.5) is 0 Å². The fourth-order valence-corrected chi connectivity index (χ4v) is 1.46. The van der Waals surface area contributed by atoms with E-state index in [1.165, 1.54) is 5.69 Å². The van der Waals surface area contributed by atoms with Gasteiger partial charge in [-0.3, -0.25) is 0 Å². The molecule has 0 spiro atoms. The molecule has 0 aliphatic carbocycles. The average Bonchev–Trinajstić information content (AvgIpc) is 2.72. The first kappa shape index (κ1) is 13.2. The lowest BCUT2D eigenvalue weighted by Gasteiger charge is -2.08. The van der Waals surface area contributed by atoms with Crippen LogP contribution >= 0.6 is 0 Å². The van der Waals surface area contributed by atoms with Crippen LogP contribution in [0.3, 0.4) is 0 Å². The molecule has 1 aromatic heterocycles. The Bertz CT molecular complexity index is 276. The quantitative estimate of drug-likeness (QED) is 0.629. The van der Waals surface area contributed by atoms with Gasteiger partial charge in [0.05, 0.1) is 25.2 Å². The van der Waals surface area contributed by atoms with Gasteiger partial charge in [-0.25, -0.2) is 4.98 Å². The van der Waals surface area contributed by atoms with Crippen molar-refractivity contribution < 1.29 is 9.47 Å². The predicted molar refractivity (Wildman–Crippen MR) is 62.3 cm³/mol. The van der Waals surface area contributed by atoms with E-state index in [9.17, 15) is 0 Å². The molecule has 1 rings (SSSR count). The van der Waals surface area contributed by atoms with Crippen molar-refractivity contribution in [3.63, 3.8) is 0 Å². The lowest BCUT2D eigenvalue weighted by atomic mass is 10.4. The molecule has 0 bridgehead atoms. The van der Waals surface area contributed by atoms with E-state index < -0.39 is 0 Å². The largest absolute Gasteiger partial charge is 0.382 e. The first-order valence-corrected chi connectivity index (χ1v) is 5.58. The molecule has 0 aliphatic rings. The molecule has 16 heavy (non-hydrogen) atoms. The van der Waals surface area contributed by atoms with E-state index in [0.717, 1.165) is 26.1 Å². The summed E-state index contributed by atoms with van der Waals surface area (Å²) in [6.07, 6.45) is 4.75. The summed E-state index contributed by atoms with van der Waals surface area (Å²) in [7, 11) is 3.62. The normalized spacial score (nSPS) is 10.9. The van der Waals surface area contributed by atoms with E-state index in [4.69, 9.17) is 9.47 Å². The van der Waals surface area contributed by atoms with Gasteiger partial charge in [0.2, 0.25) is 0 Å². The Balaban J connectivity index is 2.13. The van der Waals surface area contributed by atoms with E-state index in [1.807, 2.05) is 19.6 Å². The number of nitrogens with one attached hydrogen (secondary N) is 1. The highest BCUT2D eigenvalue weighted by molar-refractivity contribution is 4.97. The molecule has 5 heteroatoms. The Morgan fingerprint density at radius 2 is 2.25 bits per heavy atom. The molecule has 0 saturated heterocycles. The summed E-state index contributed by atoms with van der Waals surface area (Å²) < 4.78 is 12.4. The molecule has 0 aromatic carbocycles. The number of hydrogen-bond donors (Lipinski definition) is 1. The van der Waals surface area contributed by atoms with Crippen LogP contribution in [-0.4, -0.2) is 43.5 Å². The van der Waals surface area contributed by atoms with Crippen molar-refractivity contribution in [1.29, 1.82) is 0 Å². The summed E-state index contributed by atoms with van der Waals surface area (Å²) >= 11 is 0. The molecule has 0 saturated carbocycles. The van der Waals surface area contributed by atoms with E-state index >= 15 is 0 Å². The van der Waals surface area contributed by atoms with Crippen LogP contribution in [0.1, 0.15) is 12.1 Å². The second kappa shape index (κ2) is 8.27. The topological polar surface area (TPSA) is 48.3 Å². The number of rotatable bonds is 9. The van der Waals surface area contributed by atoms with Crippen molar-refractivity contribution in [2.45, 2.75) is 19.5 Å². The average molecular weight is 227 g/mol. The first-order valence-electron chi connectivity index (χ1n) is 5.58. The van der Waals surface area contributed by atoms with Crippen LogP contribution < -0.4 is 5.32 Å². The molecule has 0 unspecified atom stereocenters. The summed E-state index contributed by atoms with van der Waals surface area (Å²) in [5.41, 5.74) is 1.21. The summed E-state index contributed by atoms with van der Waals surface area (Å²) in [5.74, 6) is 0. The Morgan fingerprint density at radius 3 is 3.00 bits per heavy atom. The van der Waals surface area contributed by atoms with Crippen LogP contribution in [0.2, 0.25) is 0 Å². The molecule has 92 valence electrons. The lowest BCUT2D eigenvalue weighted by molar-refractivity contribution is 0.0679. The molecule has 1 aromatic rings. The Labute approximate surface area is 96.8 Å². The van der Waals surface area contributed by atoms with Gasteiger partial charge in [0, 0.05) is 33.0 Å². The highest BCUT2D eigenvalue weighted by atomic mass is 16.5. The van der Waals surface area contributed by atoms with Crippen LogP contribution in [0.25, 0.3) is 0 Å². The van der Waals surface area contributed by atoms with Gasteiger partial charge in [-0.2, -0.15) is 0 Å². The van der Waals surface area contributed by atoms with Crippen LogP contribution in [0, 0.1) is 0 Å². The van der Waals surface area contributed by atoms with Gasteiger partial charge < -0.3 is 19.4 Å². The molecule has 5 nitrogen and oxygen atoms in total. The fourth-order valence-electron chi connectivity index (χ4n) is 1.46. The van der Waals surface area contributed by atoms with E-state index in [2.05, 4.69) is 14.9 Å². The minimum Gasteiger partial charge on any atom is -0.382 e. The molecule has 0 amide bonds. The van der Waals surface area contributed by atoms with Gasteiger partial charge in [-0.1, -0.05) is 0 Å². The summed E-state index contributed by atoms with van der Waals surface area (Å²) in [4.78, 5) is 4.13. The van der Waals surface area contributed by atoms with Crippen LogP contribution in [-0.2, 0) is 22.6 Å². The zero-order valence-corrected chi connectivity index (χ0v) is 10.1. The maximum absolute atomic E-state index is 5.40. The van der Waals surface area contributed by atoms with Gasteiger partial charge in [0.15, 0.2) is 0 Å². The summed E-state index contributed by atoms with van der Waals surface area (Å²) in [6, 6.07) is 0. The van der Waals surface area contributed by atoms with E-state index in [-0.39, 0.29) is 0 Å². The molecule has 0 fully saturated rings. The third-order valence-electron chi connectivity index (χ3n) is 2.28. The van der Waals surface area contributed by atoms with E-state index in [1.54, 1.807) is 7.11 Å². The van der Waals surface area contributed by atoms with Crippen molar-refractivity contribution in [3.05, 3.63) is 18.2 Å². The molecule has 0 radical (unpaired) electrons. The van der Waals surface area contributed by atoms with Gasteiger partial charge in [-0.05, 0) is 13.5 Å². The van der Waals surface area contributed by atoms with Crippen molar-refractivity contribution in [2.24, 2.45) is 0 Å². The fraction of sp³-hybridized carbons (Fsp3) is 0.727. The monoisotopic (exact) mass is 227 g/mol. The van der Waals surface area contributed by atoms with Crippen LogP contribution in [0.15, 0.2) is 12.5 Å². The van der Waals surface area contributed by atoms with Gasteiger partial charge in [0.1, 0.15) is 0 Å². The molecule has 0 atom stereocenters. The van der Waals surface area contributed by atoms with Crippen molar-refractivity contribution in [3.8, 4) is 0 Å². The first-order chi connectivity index (χ1) is 7.88. The zero-order chi connectivity index (χ0) is 11.6. The minimum absolute atomic E-state index is 0.663. The van der Waals surface area contributed by atoms with Crippen molar-refractivity contribution >= 4 is 0 Å². The SMILES string of the molecule is CNCc1cncn1CCCOCCOC. The van der Waals surface area contributed by atoms with Gasteiger partial charge in [-0.15, -0.1) is 0 Å². The third-order valence-corrected chi connectivity index (χ3v) is 2.28. The summed E-state index contributed by atoms with van der Waals surface area (Å²) in [5, 5.41) is 3.12. The minimum atomic E-state index is 0.663. The summed E-state index contributed by atoms with van der Waals surface area (Å²) in [6.45, 7) is 3.90. The maximum Gasteiger partial charge on any atom is 0.0948 e. The lowest BCUT2D eigenvalue weighted by Crippen LogP contribution is -2.12. The standard InChI is InChI=1S/C11H21N3O2/c1-12-8-11-9-13-10-14(11)4-3-5-16-7-6-15-2/h9-10,12H,3-8H2,1-2H3. The number of hydrogen-bond acceptors (Lipinski definition) is 4. The number of aromatic nitrogens is 2. The highest BCUT2D eigenvalue weighted by Crippen LogP contribution is 2.00. The second-order valence-corrected chi connectivity index (χ2v) is 3.57. The molecule has 1 N–H and O–H groups in total. The third kappa shape index (κ3) is 4.74. The molecule has 1 heterocycles. The highest BCUT2D eigenvalue weighted by Gasteiger charge is 2.00.